The summed E-state index contributed by atoms with van der Waals surface area (Å²) in [5, 5.41) is 5.71. The first-order valence-electron chi connectivity index (χ1n) is 6.13. The molecular weight excluding hydrogens is 216 g/mol. The minimum Gasteiger partial charge on any atom is -0.309 e. The van der Waals surface area contributed by atoms with E-state index in [-0.39, 0.29) is 0 Å². The maximum atomic E-state index is 4.34. The highest BCUT2D eigenvalue weighted by Crippen LogP contribution is 2.21. The van der Waals surface area contributed by atoms with Crippen LogP contribution in [0.1, 0.15) is 46.4 Å². The SMILES string of the molecule is CC(NCC(C(C)C)C(C)C)c1cscn1. The van der Waals surface area contributed by atoms with Crippen LogP contribution in [0.5, 0.6) is 0 Å². The van der Waals surface area contributed by atoms with Gasteiger partial charge >= 0.3 is 0 Å². The average molecular weight is 240 g/mol. The average Bonchev–Trinajstić information content (AvgIpc) is 2.69. The van der Waals surface area contributed by atoms with Crippen LogP contribution >= 0.6 is 11.3 Å². The van der Waals surface area contributed by atoms with Crippen LogP contribution in [-0.2, 0) is 0 Å². The van der Waals surface area contributed by atoms with Gasteiger partial charge in [0.15, 0.2) is 0 Å². The fourth-order valence-corrected chi connectivity index (χ4v) is 2.74. The summed E-state index contributed by atoms with van der Waals surface area (Å²) in [7, 11) is 0. The number of nitrogens with zero attached hydrogens (tertiary/aromatic N) is 1. The molecule has 1 heterocycles. The van der Waals surface area contributed by atoms with E-state index in [0.717, 1.165) is 30.0 Å². The second kappa shape index (κ2) is 6.36. The summed E-state index contributed by atoms with van der Waals surface area (Å²) >= 11 is 1.66. The number of aromatic nitrogens is 1. The fraction of sp³-hybridized carbons (Fsp3) is 0.769. The van der Waals surface area contributed by atoms with Gasteiger partial charge in [-0.15, -0.1) is 11.3 Å². The standard InChI is InChI=1S/C13H24N2S/c1-9(2)12(10(3)4)6-14-11(5)13-7-16-8-15-13/h7-12,14H,6H2,1-5H3. The molecule has 1 atom stereocenters. The van der Waals surface area contributed by atoms with Crippen molar-refractivity contribution in [1.82, 2.24) is 10.3 Å². The van der Waals surface area contributed by atoms with Gasteiger partial charge in [0.2, 0.25) is 0 Å². The molecule has 2 nitrogen and oxygen atoms in total. The molecule has 0 spiro atoms. The summed E-state index contributed by atoms with van der Waals surface area (Å²) in [5.74, 6) is 2.20. The Morgan fingerprint density at radius 2 is 1.81 bits per heavy atom. The zero-order valence-corrected chi connectivity index (χ0v) is 11.8. The van der Waals surface area contributed by atoms with Gasteiger partial charge in [0, 0.05) is 11.4 Å². The molecule has 0 saturated carbocycles. The van der Waals surface area contributed by atoms with Crippen molar-refractivity contribution in [3.05, 3.63) is 16.6 Å². The summed E-state index contributed by atoms with van der Waals surface area (Å²) in [4.78, 5) is 4.34. The number of hydrogen-bond acceptors (Lipinski definition) is 3. The minimum atomic E-state index is 0.367. The van der Waals surface area contributed by atoms with E-state index < -0.39 is 0 Å². The molecule has 3 heteroatoms. The van der Waals surface area contributed by atoms with Crippen LogP contribution in [-0.4, -0.2) is 11.5 Å². The third kappa shape index (κ3) is 3.87. The van der Waals surface area contributed by atoms with E-state index >= 15 is 0 Å². The van der Waals surface area contributed by atoms with Gasteiger partial charge in [0.25, 0.3) is 0 Å². The van der Waals surface area contributed by atoms with Crippen LogP contribution in [0.2, 0.25) is 0 Å². The maximum Gasteiger partial charge on any atom is 0.0795 e. The molecule has 92 valence electrons. The highest BCUT2D eigenvalue weighted by molar-refractivity contribution is 7.07. The topological polar surface area (TPSA) is 24.9 Å². The second-order valence-electron chi connectivity index (χ2n) is 5.20. The molecule has 1 aromatic rings. The molecule has 0 radical (unpaired) electrons. The van der Waals surface area contributed by atoms with Crippen LogP contribution in [0.3, 0.4) is 0 Å². The van der Waals surface area contributed by atoms with Gasteiger partial charge in [-0.25, -0.2) is 4.98 Å². The van der Waals surface area contributed by atoms with Crippen LogP contribution in [0.4, 0.5) is 0 Å². The zero-order valence-electron chi connectivity index (χ0n) is 11.0. The molecule has 1 unspecified atom stereocenters. The molecule has 0 aromatic carbocycles. The van der Waals surface area contributed by atoms with Crippen LogP contribution in [0, 0.1) is 17.8 Å². The minimum absolute atomic E-state index is 0.367. The van der Waals surface area contributed by atoms with Gasteiger partial charge in [-0.1, -0.05) is 27.7 Å². The van der Waals surface area contributed by atoms with Crippen molar-refractivity contribution in [3.63, 3.8) is 0 Å². The molecule has 0 saturated heterocycles. The summed E-state index contributed by atoms with van der Waals surface area (Å²) < 4.78 is 0. The van der Waals surface area contributed by atoms with Gasteiger partial charge in [-0.3, -0.25) is 0 Å². The zero-order chi connectivity index (χ0) is 12.1. The lowest BCUT2D eigenvalue weighted by Crippen LogP contribution is -2.31. The Balaban J connectivity index is 2.43. The smallest absolute Gasteiger partial charge is 0.0795 e. The first-order valence-corrected chi connectivity index (χ1v) is 7.08. The van der Waals surface area contributed by atoms with E-state index in [9.17, 15) is 0 Å². The van der Waals surface area contributed by atoms with Crippen molar-refractivity contribution in [3.8, 4) is 0 Å². The Kier molecular flexibility index (Phi) is 5.42. The third-order valence-corrected chi connectivity index (χ3v) is 3.87. The van der Waals surface area contributed by atoms with Crippen molar-refractivity contribution in [1.29, 1.82) is 0 Å². The third-order valence-electron chi connectivity index (χ3n) is 3.27. The lowest BCUT2D eigenvalue weighted by molar-refractivity contribution is 0.267. The quantitative estimate of drug-likeness (QED) is 0.819. The number of thiazole rings is 1. The van der Waals surface area contributed by atoms with Crippen molar-refractivity contribution >= 4 is 11.3 Å². The summed E-state index contributed by atoms with van der Waals surface area (Å²) in [5.41, 5.74) is 3.06. The van der Waals surface area contributed by atoms with Gasteiger partial charge < -0.3 is 5.32 Å². The van der Waals surface area contributed by atoms with E-state index in [4.69, 9.17) is 0 Å². The number of hydrogen-bond donors (Lipinski definition) is 1. The van der Waals surface area contributed by atoms with Gasteiger partial charge in [-0.2, -0.15) is 0 Å². The summed E-state index contributed by atoms with van der Waals surface area (Å²) in [6, 6.07) is 0.367. The van der Waals surface area contributed by atoms with E-state index in [0.29, 0.717) is 6.04 Å². The molecule has 0 aliphatic carbocycles. The predicted molar refractivity (Wildman–Crippen MR) is 71.7 cm³/mol. The van der Waals surface area contributed by atoms with Crippen molar-refractivity contribution < 1.29 is 0 Å². The normalized spacial score (nSPS) is 14.0. The van der Waals surface area contributed by atoms with Gasteiger partial charge in [-0.05, 0) is 31.2 Å². The Morgan fingerprint density at radius 3 is 2.25 bits per heavy atom. The molecule has 16 heavy (non-hydrogen) atoms. The van der Waals surface area contributed by atoms with Gasteiger partial charge in [0.05, 0.1) is 11.2 Å². The maximum absolute atomic E-state index is 4.34. The monoisotopic (exact) mass is 240 g/mol. The second-order valence-corrected chi connectivity index (χ2v) is 5.91. The Bertz CT molecular complexity index is 272. The summed E-state index contributed by atoms with van der Waals surface area (Å²) in [6.07, 6.45) is 0. The lowest BCUT2D eigenvalue weighted by atomic mass is 9.85. The van der Waals surface area contributed by atoms with Crippen LogP contribution in [0.25, 0.3) is 0 Å². The molecule has 1 N–H and O–H groups in total. The van der Waals surface area contributed by atoms with Crippen molar-refractivity contribution in [2.75, 3.05) is 6.54 Å². The van der Waals surface area contributed by atoms with Crippen LogP contribution < -0.4 is 5.32 Å². The fourth-order valence-electron chi connectivity index (χ4n) is 2.09. The van der Waals surface area contributed by atoms with Gasteiger partial charge in [0.1, 0.15) is 0 Å². The molecule has 0 aliphatic heterocycles. The van der Waals surface area contributed by atoms with E-state index in [1.54, 1.807) is 11.3 Å². The molecule has 0 fully saturated rings. The summed E-state index contributed by atoms with van der Waals surface area (Å²) in [6.45, 7) is 12.5. The first kappa shape index (κ1) is 13.7. The molecule has 1 rings (SSSR count). The Labute approximate surface area is 103 Å². The number of nitrogens with one attached hydrogen (secondary N) is 1. The van der Waals surface area contributed by atoms with E-state index in [1.165, 1.54) is 0 Å². The molecule has 0 bridgehead atoms. The Hall–Kier alpha value is -0.410. The van der Waals surface area contributed by atoms with Crippen molar-refractivity contribution in [2.45, 2.75) is 40.7 Å². The predicted octanol–water partition coefficient (Wildman–Crippen LogP) is 3.72. The van der Waals surface area contributed by atoms with Crippen molar-refractivity contribution in [2.24, 2.45) is 17.8 Å². The highest BCUT2D eigenvalue weighted by atomic mass is 32.1. The molecule has 0 amide bonds. The lowest BCUT2D eigenvalue weighted by Gasteiger charge is -2.26. The first-order chi connectivity index (χ1) is 7.52. The largest absolute Gasteiger partial charge is 0.309 e. The molecule has 0 aliphatic rings. The highest BCUT2D eigenvalue weighted by Gasteiger charge is 2.18. The molecule has 1 aromatic heterocycles. The Morgan fingerprint density at radius 1 is 1.19 bits per heavy atom. The number of rotatable bonds is 6. The van der Waals surface area contributed by atoms with Crippen LogP contribution in [0.15, 0.2) is 10.9 Å². The van der Waals surface area contributed by atoms with E-state index in [2.05, 4.69) is 50.3 Å². The molecular formula is C13H24N2S. The van der Waals surface area contributed by atoms with E-state index in [1.807, 2.05) is 5.51 Å².